The maximum absolute atomic E-state index is 11.8. The lowest BCUT2D eigenvalue weighted by atomic mass is 10.2. The van der Waals surface area contributed by atoms with Crippen molar-refractivity contribution < 1.29 is 18.8 Å². The molecule has 2 aromatic rings. The number of hydrogen-bond acceptors (Lipinski definition) is 6. The van der Waals surface area contributed by atoms with Crippen LogP contribution in [0, 0.1) is 10.1 Å². The third-order valence-electron chi connectivity index (χ3n) is 2.94. The number of methoxy groups -OCH3 is 1. The molecule has 0 aliphatic carbocycles. The minimum absolute atomic E-state index is 0.0403. The molecule has 112 valence electrons. The van der Waals surface area contributed by atoms with Crippen molar-refractivity contribution in [3.8, 4) is 11.5 Å². The van der Waals surface area contributed by atoms with Gasteiger partial charge < -0.3 is 13.9 Å². The van der Waals surface area contributed by atoms with Crippen LogP contribution in [0.5, 0.6) is 11.5 Å². The average molecular weight is 293 g/mol. The molecule has 0 spiro atoms. The normalized spacial score (nSPS) is 10.6. The SMILES string of the molecule is CCCCOc1cc2cc([N+](=O)[O-])cc(OC)c2oc1=O. The summed E-state index contributed by atoms with van der Waals surface area (Å²) in [6.45, 7) is 2.39. The Morgan fingerprint density at radius 1 is 1.29 bits per heavy atom. The summed E-state index contributed by atoms with van der Waals surface area (Å²) in [6, 6.07) is 3.96. The first-order chi connectivity index (χ1) is 10.1. The number of ether oxygens (including phenoxy) is 2. The van der Waals surface area contributed by atoms with Crippen molar-refractivity contribution in [3.63, 3.8) is 0 Å². The van der Waals surface area contributed by atoms with Gasteiger partial charge in [0.05, 0.1) is 24.7 Å². The second kappa shape index (κ2) is 6.25. The number of rotatable bonds is 6. The Hall–Kier alpha value is -2.57. The number of fused-ring (bicyclic) bond motifs is 1. The monoisotopic (exact) mass is 293 g/mol. The van der Waals surface area contributed by atoms with Crippen LogP contribution in [-0.2, 0) is 0 Å². The number of unbranched alkanes of at least 4 members (excludes halogenated alkanes) is 1. The van der Waals surface area contributed by atoms with Gasteiger partial charge in [0.1, 0.15) is 0 Å². The summed E-state index contributed by atoms with van der Waals surface area (Å²) in [5.74, 6) is 0.176. The van der Waals surface area contributed by atoms with Crippen LogP contribution < -0.4 is 15.1 Å². The number of benzene rings is 1. The highest BCUT2D eigenvalue weighted by atomic mass is 16.6. The molecule has 1 heterocycles. The van der Waals surface area contributed by atoms with E-state index in [4.69, 9.17) is 13.9 Å². The summed E-state index contributed by atoms with van der Waals surface area (Å²) in [5, 5.41) is 11.3. The molecule has 1 aromatic carbocycles. The lowest BCUT2D eigenvalue weighted by Gasteiger charge is -2.07. The Kier molecular flexibility index (Phi) is 4.42. The van der Waals surface area contributed by atoms with Crippen molar-refractivity contribution in [1.82, 2.24) is 0 Å². The van der Waals surface area contributed by atoms with E-state index in [0.717, 1.165) is 12.8 Å². The third kappa shape index (κ3) is 3.13. The predicted octanol–water partition coefficient (Wildman–Crippen LogP) is 2.89. The first kappa shape index (κ1) is 14.8. The Morgan fingerprint density at radius 3 is 2.67 bits per heavy atom. The van der Waals surface area contributed by atoms with Crippen molar-refractivity contribution in [2.45, 2.75) is 19.8 Å². The number of nitro benzene ring substituents is 1. The standard InChI is InChI=1S/C14H15NO6/c1-3-4-5-20-12-7-9-6-10(15(17)18)8-11(19-2)13(9)21-14(12)16/h6-8H,3-5H2,1-2H3. The van der Waals surface area contributed by atoms with Crippen LogP contribution in [0.2, 0.25) is 0 Å². The maximum Gasteiger partial charge on any atom is 0.379 e. The molecule has 0 aliphatic rings. The fourth-order valence-corrected chi connectivity index (χ4v) is 1.85. The molecule has 0 atom stereocenters. The first-order valence-corrected chi connectivity index (χ1v) is 6.50. The van der Waals surface area contributed by atoms with Gasteiger partial charge in [-0.1, -0.05) is 13.3 Å². The topological polar surface area (TPSA) is 91.8 Å². The van der Waals surface area contributed by atoms with E-state index < -0.39 is 10.5 Å². The van der Waals surface area contributed by atoms with Crippen LogP contribution in [-0.4, -0.2) is 18.6 Å². The van der Waals surface area contributed by atoms with Crippen molar-refractivity contribution in [2.24, 2.45) is 0 Å². The number of non-ortho nitro benzene ring substituents is 1. The van der Waals surface area contributed by atoms with Gasteiger partial charge in [-0.3, -0.25) is 10.1 Å². The summed E-state index contributed by atoms with van der Waals surface area (Å²) in [6.07, 6.45) is 1.73. The van der Waals surface area contributed by atoms with Crippen LogP contribution in [0.4, 0.5) is 5.69 Å². The van der Waals surface area contributed by atoms with Crippen LogP contribution in [0.1, 0.15) is 19.8 Å². The maximum atomic E-state index is 11.8. The second-order valence-electron chi connectivity index (χ2n) is 4.42. The van der Waals surface area contributed by atoms with Gasteiger partial charge in [-0.15, -0.1) is 0 Å². The zero-order valence-electron chi connectivity index (χ0n) is 11.8. The Bertz CT molecular complexity index is 721. The fraction of sp³-hybridized carbons (Fsp3) is 0.357. The molecular weight excluding hydrogens is 278 g/mol. The van der Waals surface area contributed by atoms with Gasteiger partial charge in [0.15, 0.2) is 11.3 Å². The zero-order chi connectivity index (χ0) is 15.4. The number of hydrogen-bond donors (Lipinski definition) is 0. The van der Waals surface area contributed by atoms with Crippen LogP contribution in [0.25, 0.3) is 11.0 Å². The van der Waals surface area contributed by atoms with Gasteiger partial charge in [-0.25, -0.2) is 4.79 Å². The van der Waals surface area contributed by atoms with Crippen molar-refractivity contribution >= 4 is 16.7 Å². The molecule has 2 rings (SSSR count). The molecule has 0 radical (unpaired) electrons. The second-order valence-corrected chi connectivity index (χ2v) is 4.42. The molecule has 0 saturated carbocycles. The minimum atomic E-state index is -0.634. The average Bonchev–Trinajstić information content (AvgIpc) is 2.47. The predicted molar refractivity (Wildman–Crippen MR) is 76.1 cm³/mol. The molecule has 0 bridgehead atoms. The van der Waals surface area contributed by atoms with Gasteiger partial charge in [0.25, 0.3) is 5.69 Å². The zero-order valence-corrected chi connectivity index (χ0v) is 11.8. The molecule has 1 aromatic heterocycles. The summed E-state index contributed by atoms with van der Waals surface area (Å²) in [5.41, 5.74) is -0.616. The largest absolute Gasteiger partial charge is 0.493 e. The Balaban J connectivity index is 2.54. The smallest absolute Gasteiger partial charge is 0.379 e. The molecular formula is C14H15NO6. The molecule has 7 heteroatoms. The van der Waals surface area contributed by atoms with Gasteiger partial charge in [0, 0.05) is 11.5 Å². The minimum Gasteiger partial charge on any atom is -0.493 e. The molecule has 0 amide bonds. The lowest BCUT2D eigenvalue weighted by molar-refractivity contribution is -0.384. The Morgan fingerprint density at radius 2 is 2.05 bits per heavy atom. The summed E-state index contributed by atoms with van der Waals surface area (Å²) in [4.78, 5) is 22.2. The van der Waals surface area contributed by atoms with E-state index in [2.05, 4.69) is 0 Å². The summed E-state index contributed by atoms with van der Waals surface area (Å²) in [7, 11) is 1.35. The number of nitro groups is 1. The molecule has 0 fully saturated rings. The third-order valence-corrected chi connectivity index (χ3v) is 2.94. The van der Waals surface area contributed by atoms with E-state index in [1.165, 1.54) is 25.3 Å². The van der Waals surface area contributed by atoms with Gasteiger partial charge in [0.2, 0.25) is 5.75 Å². The molecule has 21 heavy (non-hydrogen) atoms. The van der Waals surface area contributed by atoms with Crippen LogP contribution in [0.15, 0.2) is 27.4 Å². The van der Waals surface area contributed by atoms with Crippen molar-refractivity contribution in [2.75, 3.05) is 13.7 Å². The van der Waals surface area contributed by atoms with Gasteiger partial charge in [-0.2, -0.15) is 0 Å². The van der Waals surface area contributed by atoms with Gasteiger partial charge in [-0.05, 0) is 12.5 Å². The molecule has 0 N–H and O–H groups in total. The quantitative estimate of drug-likeness (QED) is 0.352. The van der Waals surface area contributed by atoms with E-state index >= 15 is 0 Å². The van der Waals surface area contributed by atoms with E-state index in [-0.39, 0.29) is 22.8 Å². The van der Waals surface area contributed by atoms with E-state index in [9.17, 15) is 14.9 Å². The van der Waals surface area contributed by atoms with E-state index in [1.807, 2.05) is 6.92 Å². The van der Waals surface area contributed by atoms with E-state index in [0.29, 0.717) is 12.0 Å². The van der Waals surface area contributed by atoms with Crippen LogP contribution >= 0.6 is 0 Å². The number of nitrogens with zero attached hydrogens (tertiary/aromatic N) is 1. The van der Waals surface area contributed by atoms with Gasteiger partial charge >= 0.3 is 5.63 Å². The lowest BCUT2D eigenvalue weighted by Crippen LogP contribution is -2.08. The highest BCUT2D eigenvalue weighted by molar-refractivity contribution is 5.86. The summed E-state index contributed by atoms with van der Waals surface area (Å²) < 4.78 is 15.5. The highest BCUT2D eigenvalue weighted by Crippen LogP contribution is 2.31. The highest BCUT2D eigenvalue weighted by Gasteiger charge is 2.16. The molecule has 7 nitrogen and oxygen atoms in total. The van der Waals surface area contributed by atoms with Crippen molar-refractivity contribution in [3.05, 3.63) is 38.7 Å². The first-order valence-electron chi connectivity index (χ1n) is 6.50. The Labute approximate surface area is 120 Å². The molecule has 0 unspecified atom stereocenters. The fourth-order valence-electron chi connectivity index (χ4n) is 1.85. The van der Waals surface area contributed by atoms with Crippen molar-refractivity contribution in [1.29, 1.82) is 0 Å². The summed E-state index contributed by atoms with van der Waals surface area (Å²) >= 11 is 0. The molecule has 0 saturated heterocycles. The van der Waals surface area contributed by atoms with E-state index in [1.54, 1.807) is 0 Å². The van der Waals surface area contributed by atoms with Crippen LogP contribution in [0.3, 0.4) is 0 Å². The molecule has 0 aliphatic heterocycles.